The Morgan fingerprint density at radius 2 is 1.71 bits per heavy atom. The number of hydrogen-bond donors (Lipinski definition) is 0. The number of nitriles is 1. The van der Waals surface area contributed by atoms with Crippen LogP contribution in [0.5, 0.6) is 0 Å². The summed E-state index contributed by atoms with van der Waals surface area (Å²) in [6.45, 7) is -0.185. The number of nitrogens with zero attached hydrogens (tertiary/aromatic N) is 4. The molecule has 0 spiro atoms. The van der Waals surface area contributed by atoms with Gasteiger partial charge in [0.15, 0.2) is 6.61 Å². The molecule has 0 unspecified atom stereocenters. The van der Waals surface area contributed by atoms with E-state index in [4.69, 9.17) is 10.00 Å². The van der Waals surface area contributed by atoms with Gasteiger partial charge in [0.25, 0.3) is 5.91 Å². The van der Waals surface area contributed by atoms with Gasteiger partial charge in [-0.3, -0.25) is 19.3 Å². The molecule has 2 aromatic rings. The quantitative estimate of drug-likeness (QED) is 0.484. The molecule has 0 bridgehead atoms. The maximum Gasteiger partial charge on any atom is 0.306 e. The largest absolute Gasteiger partial charge is 0.456 e. The highest BCUT2D eigenvalue weighted by molar-refractivity contribution is 6.02. The molecule has 0 fully saturated rings. The van der Waals surface area contributed by atoms with Gasteiger partial charge in [0.2, 0.25) is 5.91 Å². The van der Waals surface area contributed by atoms with Crippen molar-refractivity contribution in [3.8, 4) is 6.07 Å². The minimum atomic E-state index is -0.655. The molecule has 0 N–H and O–H groups in total. The second-order valence-electron chi connectivity index (χ2n) is 6.81. The van der Waals surface area contributed by atoms with Crippen molar-refractivity contribution in [3.05, 3.63) is 66.2 Å². The number of rotatable bonds is 8. The van der Waals surface area contributed by atoms with E-state index in [-0.39, 0.29) is 25.3 Å². The first kappa shape index (κ1) is 21.7. The number of hydrogen-bond acceptors (Lipinski definition) is 6. The van der Waals surface area contributed by atoms with Crippen molar-refractivity contribution in [2.24, 2.45) is 5.10 Å². The van der Waals surface area contributed by atoms with E-state index in [2.05, 4.69) is 5.10 Å². The highest BCUT2D eigenvalue weighted by Crippen LogP contribution is 2.16. The van der Waals surface area contributed by atoms with Crippen LogP contribution in [0.15, 0.2) is 65.8 Å². The molecular formula is C23H22N4O4. The fourth-order valence-electron chi connectivity index (χ4n) is 3.10. The summed E-state index contributed by atoms with van der Waals surface area (Å²) in [7, 11) is 0. The van der Waals surface area contributed by atoms with E-state index in [0.717, 1.165) is 11.3 Å². The molecule has 0 radical (unpaired) electrons. The number of para-hydroxylation sites is 1. The number of anilines is 1. The number of esters is 1. The number of hydrazone groups is 1. The van der Waals surface area contributed by atoms with E-state index in [1.54, 1.807) is 30.3 Å². The summed E-state index contributed by atoms with van der Waals surface area (Å²) in [6, 6.07) is 20.2. The van der Waals surface area contributed by atoms with Crippen molar-refractivity contribution < 1.29 is 19.1 Å². The van der Waals surface area contributed by atoms with E-state index < -0.39 is 18.5 Å². The first-order valence-electron chi connectivity index (χ1n) is 9.89. The zero-order valence-electron chi connectivity index (χ0n) is 16.9. The molecule has 2 amide bonds. The third-order valence-corrected chi connectivity index (χ3v) is 4.69. The Morgan fingerprint density at radius 3 is 2.39 bits per heavy atom. The first-order chi connectivity index (χ1) is 15.1. The molecular weight excluding hydrogens is 396 g/mol. The van der Waals surface area contributed by atoms with Crippen LogP contribution in [0, 0.1) is 11.3 Å². The van der Waals surface area contributed by atoms with Gasteiger partial charge in [-0.1, -0.05) is 48.5 Å². The molecule has 0 atom stereocenters. The van der Waals surface area contributed by atoms with E-state index in [1.165, 1.54) is 9.91 Å². The summed E-state index contributed by atoms with van der Waals surface area (Å²) in [5.74, 6) is -1.44. The fourth-order valence-corrected chi connectivity index (χ4v) is 3.10. The van der Waals surface area contributed by atoms with Crippen LogP contribution in [0.4, 0.5) is 5.69 Å². The highest BCUT2D eigenvalue weighted by Gasteiger charge is 2.23. The number of carbonyl (C=O) groups is 3. The van der Waals surface area contributed by atoms with Gasteiger partial charge in [-0.25, -0.2) is 5.01 Å². The van der Waals surface area contributed by atoms with Crippen molar-refractivity contribution in [3.63, 3.8) is 0 Å². The first-order valence-corrected chi connectivity index (χ1v) is 9.89. The number of amides is 2. The summed E-state index contributed by atoms with van der Waals surface area (Å²) in [5, 5.41) is 14.7. The molecule has 2 aromatic carbocycles. The van der Waals surface area contributed by atoms with Crippen LogP contribution >= 0.6 is 0 Å². The summed E-state index contributed by atoms with van der Waals surface area (Å²) in [6.07, 6.45) is 0.449. The van der Waals surface area contributed by atoms with Crippen LogP contribution in [0.2, 0.25) is 0 Å². The van der Waals surface area contributed by atoms with E-state index in [1.807, 2.05) is 36.4 Å². The average Bonchev–Trinajstić information content (AvgIpc) is 3.31. The Bertz CT molecular complexity index is 999. The van der Waals surface area contributed by atoms with Crippen molar-refractivity contribution >= 4 is 29.2 Å². The molecule has 0 aromatic heterocycles. The van der Waals surface area contributed by atoms with Gasteiger partial charge in [0.1, 0.15) is 6.54 Å². The van der Waals surface area contributed by atoms with Crippen LogP contribution in [0.25, 0.3) is 0 Å². The lowest BCUT2D eigenvalue weighted by Crippen LogP contribution is -2.35. The number of ether oxygens (including phenoxy) is 1. The van der Waals surface area contributed by atoms with Crippen LogP contribution in [-0.4, -0.2) is 48.2 Å². The highest BCUT2D eigenvalue weighted by atomic mass is 16.5. The molecule has 158 valence electrons. The number of benzene rings is 2. The zero-order valence-corrected chi connectivity index (χ0v) is 16.9. The molecule has 8 heteroatoms. The Balaban J connectivity index is 1.46. The summed E-state index contributed by atoms with van der Waals surface area (Å²) in [4.78, 5) is 37.9. The Labute approximate surface area is 180 Å². The lowest BCUT2D eigenvalue weighted by atomic mass is 10.1. The van der Waals surface area contributed by atoms with Gasteiger partial charge in [0.05, 0.1) is 24.7 Å². The third kappa shape index (κ3) is 6.00. The van der Waals surface area contributed by atoms with E-state index in [0.29, 0.717) is 18.7 Å². The second kappa shape index (κ2) is 10.7. The molecule has 1 heterocycles. The van der Waals surface area contributed by atoms with Gasteiger partial charge >= 0.3 is 5.97 Å². The van der Waals surface area contributed by atoms with Gasteiger partial charge in [-0.15, -0.1) is 0 Å². The maximum absolute atomic E-state index is 12.4. The summed E-state index contributed by atoms with van der Waals surface area (Å²) < 4.78 is 5.01. The minimum Gasteiger partial charge on any atom is -0.456 e. The summed E-state index contributed by atoms with van der Waals surface area (Å²) in [5.41, 5.74) is 2.35. The second-order valence-corrected chi connectivity index (χ2v) is 6.81. The molecule has 0 aliphatic carbocycles. The Hall–Kier alpha value is -3.99. The van der Waals surface area contributed by atoms with Gasteiger partial charge in [-0.2, -0.15) is 10.4 Å². The van der Waals surface area contributed by atoms with Crippen LogP contribution in [0.3, 0.4) is 0 Å². The number of carbonyl (C=O) groups excluding carboxylic acids is 3. The SMILES string of the molecule is N#CCN(C(=O)COC(=O)CCC(=O)N1CCC(c2ccccc2)=N1)c1ccccc1. The predicted molar refractivity (Wildman–Crippen MR) is 114 cm³/mol. The third-order valence-electron chi connectivity index (χ3n) is 4.69. The van der Waals surface area contributed by atoms with Crippen molar-refractivity contribution in [1.29, 1.82) is 5.26 Å². The normalized spacial score (nSPS) is 12.6. The van der Waals surface area contributed by atoms with Gasteiger partial charge in [-0.05, 0) is 17.7 Å². The Morgan fingerprint density at radius 1 is 1.03 bits per heavy atom. The summed E-state index contributed by atoms with van der Waals surface area (Å²) >= 11 is 0. The lowest BCUT2D eigenvalue weighted by molar-refractivity contribution is -0.149. The maximum atomic E-state index is 12.4. The van der Waals surface area contributed by atoms with Crippen molar-refractivity contribution in [1.82, 2.24) is 5.01 Å². The predicted octanol–water partition coefficient (Wildman–Crippen LogP) is 2.50. The lowest BCUT2D eigenvalue weighted by Gasteiger charge is -2.19. The molecule has 1 aliphatic rings. The van der Waals surface area contributed by atoms with Crippen LogP contribution in [0.1, 0.15) is 24.8 Å². The van der Waals surface area contributed by atoms with Crippen LogP contribution in [-0.2, 0) is 19.1 Å². The molecule has 1 aliphatic heterocycles. The topological polar surface area (TPSA) is 103 Å². The van der Waals surface area contributed by atoms with E-state index >= 15 is 0 Å². The fraction of sp³-hybridized carbons (Fsp3) is 0.261. The standard InChI is InChI=1S/C23H22N4O4/c24-14-16-26(19-9-5-2-6-10-19)22(29)17-31-23(30)12-11-21(28)27-15-13-20(25-27)18-7-3-1-4-8-18/h1-10H,11-13,15-17H2. The molecule has 8 nitrogen and oxygen atoms in total. The van der Waals surface area contributed by atoms with Gasteiger partial charge < -0.3 is 4.74 Å². The average molecular weight is 418 g/mol. The molecule has 0 saturated heterocycles. The van der Waals surface area contributed by atoms with Crippen LogP contribution < -0.4 is 4.90 Å². The van der Waals surface area contributed by atoms with Crippen molar-refractivity contribution in [2.45, 2.75) is 19.3 Å². The van der Waals surface area contributed by atoms with Gasteiger partial charge in [0, 0.05) is 18.5 Å². The monoisotopic (exact) mass is 418 g/mol. The molecule has 31 heavy (non-hydrogen) atoms. The minimum absolute atomic E-state index is 0.0564. The molecule has 0 saturated carbocycles. The van der Waals surface area contributed by atoms with Crippen molar-refractivity contribution in [2.75, 3.05) is 24.6 Å². The zero-order chi connectivity index (χ0) is 22.1. The molecule has 3 rings (SSSR count). The van der Waals surface area contributed by atoms with E-state index in [9.17, 15) is 14.4 Å². The Kier molecular flexibility index (Phi) is 7.49. The smallest absolute Gasteiger partial charge is 0.306 e.